The molecule has 17 heavy (non-hydrogen) atoms. The van der Waals surface area contributed by atoms with Crippen LogP contribution in [0.25, 0.3) is 0 Å². The number of nitrogens with zero attached hydrogens (tertiary/aromatic N) is 2. The van der Waals surface area contributed by atoms with Crippen molar-refractivity contribution in [3.05, 3.63) is 18.3 Å². The van der Waals surface area contributed by atoms with Crippen LogP contribution in [-0.2, 0) is 4.79 Å². The van der Waals surface area contributed by atoms with Gasteiger partial charge in [0.25, 0.3) is 0 Å². The lowest BCUT2D eigenvalue weighted by Crippen LogP contribution is -2.50. The molecule has 1 aromatic rings. The molecule has 0 saturated carbocycles. The fraction of sp³-hybridized carbons (Fsp3) is 0.400. The summed E-state index contributed by atoms with van der Waals surface area (Å²) in [6.07, 6.45) is 2.74. The SMILES string of the molecule is [B]C([B])([B])N(C=O)c1ncccc1OCCC. The normalized spacial score (nSPS) is 10.9. The van der Waals surface area contributed by atoms with Gasteiger partial charge in [-0.2, -0.15) is 0 Å². The number of hydrogen-bond acceptors (Lipinski definition) is 3. The first-order chi connectivity index (χ1) is 8.00. The number of hydrogen-bond donors (Lipinski definition) is 0. The molecule has 7 heteroatoms. The molecular weight excluding hydrogens is 213 g/mol. The Hall–Kier alpha value is -1.39. The Morgan fingerprint density at radius 1 is 1.53 bits per heavy atom. The Morgan fingerprint density at radius 2 is 2.24 bits per heavy atom. The molecule has 0 aromatic carbocycles. The highest BCUT2D eigenvalue weighted by Crippen LogP contribution is 2.26. The molecule has 0 aliphatic rings. The van der Waals surface area contributed by atoms with E-state index in [1.807, 2.05) is 6.92 Å². The molecule has 6 radical (unpaired) electrons. The summed E-state index contributed by atoms with van der Waals surface area (Å²) in [7, 11) is 16.4. The summed E-state index contributed by atoms with van der Waals surface area (Å²) in [5, 5.41) is -1.82. The molecular formula is C10H11B3N2O2. The molecule has 0 unspecified atom stereocenters. The molecule has 1 heterocycles. The van der Waals surface area contributed by atoms with Crippen LogP contribution in [0.15, 0.2) is 18.3 Å². The van der Waals surface area contributed by atoms with E-state index in [2.05, 4.69) is 4.98 Å². The van der Waals surface area contributed by atoms with Crippen molar-refractivity contribution in [2.75, 3.05) is 11.5 Å². The van der Waals surface area contributed by atoms with Gasteiger partial charge in [-0.15, -0.1) is 0 Å². The number of amides is 1. The molecule has 1 aromatic heterocycles. The van der Waals surface area contributed by atoms with E-state index < -0.39 is 5.24 Å². The predicted octanol–water partition coefficient (Wildman–Crippen LogP) is -0.0500. The van der Waals surface area contributed by atoms with Gasteiger partial charge in [-0.1, -0.05) is 12.2 Å². The molecule has 0 saturated heterocycles. The Labute approximate surface area is 105 Å². The van der Waals surface area contributed by atoms with Crippen LogP contribution < -0.4 is 9.64 Å². The zero-order valence-electron chi connectivity index (χ0n) is 9.67. The zero-order chi connectivity index (χ0) is 12.9. The van der Waals surface area contributed by atoms with Crippen molar-refractivity contribution in [2.45, 2.75) is 18.6 Å². The average molecular weight is 224 g/mol. The van der Waals surface area contributed by atoms with E-state index in [0.717, 1.165) is 11.3 Å². The minimum Gasteiger partial charge on any atom is -0.490 e. The van der Waals surface area contributed by atoms with Crippen molar-refractivity contribution in [3.63, 3.8) is 0 Å². The van der Waals surface area contributed by atoms with Crippen LogP contribution in [0.4, 0.5) is 5.82 Å². The first-order valence-corrected chi connectivity index (χ1v) is 5.19. The number of carbonyl (C=O) groups excluding carboxylic acids is 1. The minimum absolute atomic E-state index is 0.198. The summed E-state index contributed by atoms with van der Waals surface area (Å²) in [5.41, 5.74) is 0. The van der Waals surface area contributed by atoms with Crippen molar-refractivity contribution >= 4 is 35.8 Å². The Balaban J connectivity index is 3.06. The number of anilines is 1. The number of ether oxygens (including phenoxy) is 1. The van der Waals surface area contributed by atoms with Gasteiger partial charge >= 0.3 is 0 Å². The van der Waals surface area contributed by atoms with Crippen molar-refractivity contribution in [2.24, 2.45) is 0 Å². The van der Waals surface area contributed by atoms with Crippen molar-refractivity contribution < 1.29 is 9.53 Å². The lowest BCUT2D eigenvalue weighted by atomic mass is 9.48. The number of pyridine rings is 1. The Bertz CT molecular complexity index is 382. The maximum Gasteiger partial charge on any atom is 0.213 e. The van der Waals surface area contributed by atoms with Gasteiger partial charge in [0.2, 0.25) is 6.41 Å². The van der Waals surface area contributed by atoms with Gasteiger partial charge in [0.05, 0.1) is 30.1 Å². The van der Waals surface area contributed by atoms with Crippen LogP contribution in [0.2, 0.25) is 0 Å². The summed E-state index contributed by atoms with van der Waals surface area (Å²) < 4.78 is 5.43. The van der Waals surface area contributed by atoms with Crippen LogP contribution in [0, 0.1) is 0 Å². The molecule has 0 fully saturated rings. The van der Waals surface area contributed by atoms with Crippen LogP contribution in [0.5, 0.6) is 5.75 Å². The average Bonchev–Trinajstić information content (AvgIpc) is 2.27. The molecule has 0 bridgehead atoms. The smallest absolute Gasteiger partial charge is 0.213 e. The topological polar surface area (TPSA) is 42.4 Å². The quantitative estimate of drug-likeness (QED) is 0.502. The molecule has 0 aliphatic carbocycles. The lowest BCUT2D eigenvalue weighted by Gasteiger charge is -2.33. The fourth-order valence-corrected chi connectivity index (χ4v) is 1.21. The van der Waals surface area contributed by atoms with E-state index in [9.17, 15) is 4.79 Å². The summed E-state index contributed by atoms with van der Waals surface area (Å²) in [6, 6.07) is 3.35. The molecule has 1 amide bonds. The highest BCUT2D eigenvalue weighted by atomic mass is 16.5. The summed E-state index contributed by atoms with van der Waals surface area (Å²) >= 11 is 0. The van der Waals surface area contributed by atoms with Gasteiger partial charge in [-0.3, -0.25) is 4.79 Å². The maximum absolute atomic E-state index is 11.0. The monoisotopic (exact) mass is 224 g/mol. The van der Waals surface area contributed by atoms with Crippen LogP contribution in [0.3, 0.4) is 0 Å². The number of rotatable bonds is 6. The fourth-order valence-electron chi connectivity index (χ4n) is 1.21. The lowest BCUT2D eigenvalue weighted by molar-refractivity contribution is -0.107. The second-order valence-electron chi connectivity index (χ2n) is 3.54. The largest absolute Gasteiger partial charge is 0.490 e. The summed E-state index contributed by atoms with van der Waals surface area (Å²) in [4.78, 5) is 15.9. The van der Waals surface area contributed by atoms with E-state index in [-0.39, 0.29) is 5.82 Å². The second-order valence-corrected chi connectivity index (χ2v) is 3.54. The van der Waals surface area contributed by atoms with Gasteiger partial charge in [-0.05, 0) is 18.6 Å². The van der Waals surface area contributed by atoms with E-state index in [0.29, 0.717) is 18.8 Å². The predicted molar refractivity (Wildman–Crippen MR) is 68.6 cm³/mol. The first-order valence-electron chi connectivity index (χ1n) is 5.19. The minimum atomic E-state index is -1.82. The summed E-state index contributed by atoms with van der Waals surface area (Å²) in [6.45, 7) is 2.46. The first kappa shape index (κ1) is 13.7. The number of aromatic nitrogens is 1. The van der Waals surface area contributed by atoms with Crippen LogP contribution >= 0.6 is 0 Å². The van der Waals surface area contributed by atoms with Crippen molar-refractivity contribution in [1.82, 2.24) is 4.98 Å². The zero-order valence-corrected chi connectivity index (χ0v) is 9.67. The van der Waals surface area contributed by atoms with Gasteiger partial charge in [0, 0.05) is 6.20 Å². The number of carbonyl (C=O) groups is 1. The van der Waals surface area contributed by atoms with Crippen LogP contribution in [-0.4, -0.2) is 46.8 Å². The molecule has 0 spiro atoms. The third-order valence-electron chi connectivity index (χ3n) is 1.96. The molecule has 0 N–H and O–H groups in total. The standard InChI is InChI=1S/C10H11B3N2O2/c1-2-6-17-8-4-3-5-14-9(8)15(7-16)10(11,12)13/h3-5,7H,2,6H2,1H3. The molecule has 1 rings (SSSR count). The second kappa shape index (κ2) is 5.80. The third-order valence-corrected chi connectivity index (χ3v) is 1.96. The van der Waals surface area contributed by atoms with E-state index in [4.69, 9.17) is 28.3 Å². The van der Waals surface area contributed by atoms with E-state index in [1.165, 1.54) is 6.20 Å². The third kappa shape index (κ3) is 3.54. The van der Waals surface area contributed by atoms with Crippen molar-refractivity contribution in [1.29, 1.82) is 0 Å². The van der Waals surface area contributed by atoms with Crippen molar-refractivity contribution in [3.8, 4) is 5.75 Å². The van der Waals surface area contributed by atoms with Crippen LogP contribution in [0.1, 0.15) is 13.3 Å². The molecule has 0 atom stereocenters. The molecule has 4 nitrogen and oxygen atoms in total. The van der Waals surface area contributed by atoms with Gasteiger partial charge in [0.1, 0.15) is 0 Å². The summed E-state index contributed by atoms with van der Waals surface area (Å²) in [5.74, 6) is 0.607. The van der Waals surface area contributed by atoms with Gasteiger partial charge < -0.3 is 9.64 Å². The Kier molecular flexibility index (Phi) is 4.67. The van der Waals surface area contributed by atoms with E-state index in [1.54, 1.807) is 12.1 Å². The van der Waals surface area contributed by atoms with Gasteiger partial charge in [0.15, 0.2) is 11.6 Å². The van der Waals surface area contributed by atoms with Gasteiger partial charge in [-0.25, -0.2) is 4.98 Å². The molecule has 0 aliphatic heterocycles. The highest BCUT2D eigenvalue weighted by molar-refractivity contribution is 6.61. The highest BCUT2D eigenvalue weighted by Gasteiger charge is 2.23. The Morgan fingerprint density at radius 3 is 2.76 bits per heavy atom. The maximum atomic E-state index is 11.0. The van der Waals surface area contributed by atoms with E-state index >= 15 is 0 Å². The molecule has 82 valence electrons.